The van der Waals surface area contributed by atoms with Gasteiger partial charge in [-0.25, -0.2) is 14.5 Å². The number of anilines is 1. The van der Waals surface area contributed by atoms with Gasteiger partial charge in [-0.05, 0) is 24.6 Å². The molecule has 0 radical (unpaired) electrons. The summed E-state index contributed by atoms with van der Waals surface area (Å²) in [5.41, 5.74) is 5.22. The van der Waals surface area contributed by atoms with E-state index in [1.54, 1.807) is 24.9 Å². The number of nitrogens with one attached hydrogen (secondary N) is 1. The van der Waals surface area contributed by atoms with Gasteiger partial charge in [-0.3, -0.25) is 4.98 Å². The minimum atomic E-state index is 0.378. The summed E-state index contributed by atoms with van der Waals surface area (Å²) in [6.07, 6.45) is 11.1. The molecular formula is C20H19N9O. The molecule has 5 aromatic rings. The van der Waals surface area contributed by atoms with Gasteiger partial charge in [0.1, 0.15) is 5.69 Å². The third kappa shape index (κ3) is 3.50. The molecule has 10 heteroatoms. The van der Waals surface area contributed by atoms with E-state index in [2.05, 4.69) is 48.2 Å². The maximum atomic E-state index is 5.67. The van der Waals surface area contributed by atoms with E-state index in [0.717, 1.165) is 24.4 Å². The van der Waals surface area contributed by atoms with Crippen molar-refractivity contribution in [3.8, 4) is 11.6 Å². The molecule has 150 valence electrons. The molecule has 5 aromatic heterocycles. The fourth-order valence-corrected chi connectivity index (χ4v) is 3.33. The van der Waals surface area contributed by atoms with Crippen LogP contribution in [0.25, 0.3) is 17.1 Å². The minimum Gasteiger partial charge on any atom is -0.401 e. The Morgan fingerprint density at radius 2 is 2.07 bits per heavy atom. The van der Waals surface area contributed by atoms with Crippen LogP contribution in [0.2, 0.25) is 0 Å². The lowest BCUT2D eigenvalue weighted by atomic mass is 10.1. The quantitative estimate of drug-likeness (QED) is 0.480. The van der Waals surface area contributed by atoms with E-state index >= 15 is 0 Å². The van der Waals surface area contributed by atoms with Crippen LogP contribution in [0.4, 0.5) is 6.01 Å². The molecule has 0 amide bonds. The topological polar surface area (TPSA) is 114 Å². The first-order chi connectivity index (χ1) is 14.8. The Hall–Kier alpha value is -4.08. The van der Waals surface area contributed by atoms with E-state index in [4.69, 9.17) is 4.42 Å². The van der Waals surface area contributed by atoms with Gasteiger partial charge in [0.25, 0.3) is 5.89 Å². The van der Waals surface area contributed by atoms with Crippen molar-refractivity contribution < 1.29 is 4.42 Å². The molecule has 1 aliphatic heterocycles. The van der Waals surface area contributed by atoms with Gasteiger partial charge < -0.3 is 14.3 Å². The Balaban J connectivity index is 0.000000161. The number of aromatic amines is 1. The van der Waals surface area contributed by atoms with Crippen molar-refractivity contribution in [1.29, 1.82) is 0 Å². The SMILES string of the molecule is Cc1cccn2nccc12.c1cnc(-c2nnc(N3CCc4nc[nH]c4C3)o2)cn1. The molecule has 30 heavy (non-hydrogen) atoms. The van der Waals surface area contributed by atoms with Crippen molar-refractivity contribution in [3.63, 3.8) is 0 Å². The zero-order valence-corrected chi connectivity index (χ0v) is 16.3. The Bertz CT molecular complexity index is 1260. The van der Waals surface area contributed by atoms with Crippen LogP contribution in [0.15, 0.2) is 59.9 Å². The van der Waals surface area contributed by atoms with Crippen molar-refractivity contribution in [3.05, 3.63) is 72.5 Å². The molecule has 10 nitrogen and oxygen atoms in total. The maximum Gasteiger partial charge on any atom is 0.318 e. The molecule has 0 saturated carbocycles. The van der Waals surface area contributed by atoms with Crippen molar-refractivity contribution >= 4 is 11.5 Å². The molecule has 0 fully saturated rings. The second kappa shape index (κ2) is 7.74. The molecule has 0 atom stereocenters. The number of nitrogens with zero attached hydrogens (tertiary/aromatic N) is 8. The van der Waals surface area contributed by atoms with Gasteiger partial charge in [0.05, 0.1) is 36.0 Å². The first-order valence-electron chi connectivity index (χ1n) is 9.53. The smallest absolute Gasteiger partial charge is 0.318 e. The summed E-state index contributed by atoms with van der Waals surface area (Å²) in [6, 6.07) is 6.58. The second-order valence-electron chi connectivity index (χ2n) is 6.83. The third-order valence-electron chi connectivity index (χ3n) is 4.89. The van der Waals surface area contributed by atoms with E-state index in [9.17, 15) is 0 Å². The van der Waals surface area contributed by atoms with E-state index < -0.39 is 0 Å². The maximum absolute atomic E-state index is 5.67. The highest BCUT2D eigenvalue weighted by atomic mass is 16.4. The average Bonchev–Trinajstić information content (AvgIpc) is 3.54. The Morgan fingerprint density at radius 3 is 2.93 bits per heavy atom. The van der Waals surface area contributed by atoms with Crippen LogP contribution in [-0.2, 0) is 13.0 Å². The molecule has 6 rings (SSSR count). The monoisotopic (exact) mass is 401 g/mol. The molecule has 0 aromatic carbocycles. The highest BCUT2D eigenvalue weighted by molar-refractivity contribution is 5.52. The summed E-state index contributed by atoms with van der Waals surface area (Å²) in [5.74, 6) is 0.378. The largest absolute Gasteiger partial charge is 0.401 e. The first kappa shape index (κ1) is 18.0. The Kier molecular flexibility index (Phi) is 4.64. The van der Waals surface area contributed by atoms with Crippen molar-refractivity contribution in [1.82, 2.24) is 39.7 Å². The van der Waals surface area contributed by atoms with Crippen LogP contribution in [0, 0.1) is 6.92 Å². The second-order valence-corrected chi connectivity index (χ2v) is 6.83. The van der Waals surface area contributed by atoms with E-state index in [1.165, 1.54) is 11.1 Å². The lowest BCUT2D eigenvalue weighted by molar-refractivity contribution is 0.529. The van der Waals surface area contributed by atoms with E-state index in [-0.39, 0.29) is 0 Å². The van der Waals surface area contributed by atoms with Crippen LogP contribution in [-0.4, -0.2) is 46.3 Å². The van der Waals surface area contributed by atoms with Crippen LogP contribution in [0.5, 0.6) is 0 Å². The van der Waals surface area contributed by atoms with Gasteiger partial charge in [-0.15, -0.1) is 5.10 Å². The number of aryl methyl sites for hydroxylation is 1. The Labute approximate surface area is 171 Å². The van der Waals surface area contributed by atoms with Gasteiger partial charge in [0, 0.05) is 37.8 Å². The summed E-state index contributed by atoms with van der Waals surface area (Å²) < 4.78 is 7.54. The molecular weight excluding hydrogens is 382 g/mol. The van der Waals surface area contributed by atoms with Gasteiger partial charge in [-0.1, -0.05) is 11.2 Å². The molecule has 0 aliphatic carbocycles. The highest BCUT2D eigenvalue weighted by Gasteiger charge is 2.23. The molecule has 0 unspecified atom stereocenters. The first-order valence-corrected chi connectivity index (χ1v) is 9.53. The number of fused-ring (bicyclic) bond motifs is 2. The number of imidazole rings is 1. The minimum absolute atomic E-state index is 0.378. The van der Waals surface area contributed by atoms with Crippen LogP contribution < -0.4 is 4.90 Å². The van der Waals surface area contributed by atoms with E-state index in [1.807, 2.05) is 33.9 Å². The number of rotatable bonds is 2. The predicted molar refractivity (Wildman–Crippen MR) is 109 cm³/mol. The normalized spacial score (nSPS) is 13.0. The van der Waals surface area contributed by atoms with Gasteiger partial charge in [0.2, 0.25) is 0 Å². The zero-order chi connectivity index (χ0) is 20.3. The summed E-state index contributed by atoms with van der Waals surface area (Å²) in [7, 11) is 0. The lowest BCUT2D eigenvalue weighted by Gasteiger charge is -2.23. The summed E-state index contributed by atoms with van der Waals surface area (Å²) >= 11 is 0. The number of hydrogen-bond donors (Lipinski definition) is 1. The highest BCUT2D eigenvalue weighted by Crippen LogP contribution is 2.24. The zero-order valence-electron chi connectivity index (χ0n) is 16.3. The summed E-state index contributed by atoms with van der Waals surface area (Å²) in [6.45, 7) is 3.58. The molecule has 0 saturated heterocycles. The molecule has 0 spiro atoms. The van der Waals surface area contributed by atoms with Gasteiger partial charge >= 0.3 is 6.01 Å². The third-order valence-corrected chi connectivity index (χ3v) is 4.89. The lowest BCUT2D eigenvalue weighted by Crippen LogP contribution is -2.30. The molecule has 0 bridgehead atoms. The summed E-state index contributed by atoms with van der Waals surface area (Å²) in [5, 5.41) is 12.2. The number of hydrogen-bond acceptors (Lipinski definition) is 8. The van der Waals surface area contributed by atoms with Gasteiger partial charge in [-0.2, -0.15) is 5.10 Å². The Morgan fingerprint density at radius 1 is 1.10 bits per heavy atom. The molecule has 1 N–H and O–H groups in total. The number of aromatic nitrogens is 8. The van der Waals surface area contributed by atoms with Crippen molar-refractivity contribution in [2.45, 2.75) is 19.9 Å². The fraction of sp³-hybridized carbons (Fsp3) is 0.200. The molecule has 6 heterocycles. The van der Waals surface area contributed by atoms with E-state index in [0.29, 0.717) is 24.1 Å². The summed E-state index contributed by atoms with van der Waals surface area (Å²) in [4.78, 5) is 17.6. The fourth-order valence-electron chi connectivity index (χ4n) is 3.33. The van der Waals surface area contributed by atoms with Crippen molar-refractivity contribution in [2.75, 3.05) is 11.4 Å². The van der Waals surface area contributed by atoms with Crippen molar-refractivity contribution in [2.24, 2.45) is 0 Å². The number of H-pyrrole nitrogens is 1. The van der Waals surface area contributed by atoms with Crippen LogP contribution >= 0.6 is 0 Å². The molecule has 1 aliphatic rings. The van der Waals surface area contributed by atoms with Crippen LogP contribution in [0.3, 0.4) is 0 Å². The average molecular weight is 401 g/mol. The number of pyridine rings is 1. The van der Waals surface area contributed by atoms with Gasteiger partial charge in [0.15, 0.2) is 0 Å². The van der Waals surface area contributed by atoms with Crippen LogP contribution in [0.1, 0.15) is 17.0 Å². The standard InChI is InChI=1S/C12H11N7O.C8H8N2/c1-4-19(6-10-8(1)15-7-16-10)12-18-17-11(20-12)9-5-13-2-3-14-9;1-7-3-2-6-10-8(7)4-5-9-10/h2-3,5,7H,1,4,6H2,(H,15,16);2-6H,1H3. The predicted octanol–water partition coefficient (Wildman–Crippen LogP) is 2.46.